The molecule has 4 heteroatoms. The van der Waals surface area contributed by atoms with Gasteiger partial charge in [0, 0.05) is 16.7 Å². The highest BCUT2D eigenvalue weighted by molar-refractivity contribution is 7.99. The van der Waals surface area contributed by atoms with Crippen LogP contribution in [0, 0.1) is 5.82 Å². The van der Waals surface area contributed by atoms with E-state index in [0.29, 0.717) is 0 Å². The first kappa shape index (κ1) is 15.9. The van der Waals surface area contributed by atoms with Gasteiger partial charge in [0.25, 0.3) is 0 Å². The number of hydrogen-bond acceptors (Lipinski definition) is 3. The van der Waals surface area contributed by atoms with Crippen LogP contribution < -0.4 is 10.5 Å². The van der Waals surface area contributed by atoms with Crippen molar-refractivity contribution in [3.05, 3.63) is 59.9 Å². The minimum atomic E-state index is -0.205. The van der Waals surface area contributed by atoms with Crippen molar-refractivity contribution >= 4 is 11.8 Å². The first-order chi connectivity index (χ1) is 10.2. The molecule has 1 unspecified atom stereocenters. The first-order valence-electron chi connectivity index (χ1n) is 6.94. The topological polar surface area (TPSA) is 35.2 Å². The molecule has 0 saturated heterocycles. The van der Waals surface area contributed by atoms with Gasteiger partial charge in [-0.1, -0.05) is 12.1 Å². The molecule has 2 nitrogen and oxygen atoms in total. The van der Waals surface area contributed by atoms with Gasteiger partial charge in [-0.25, -0.2) is 4.39 Å². The first-order valence-corrected chi connectivity index (χ1v) is 7.93. The lowest BCUT2D eigenvalue weighted by Crippen LogP contribution is -2.23. The van der Waals surface area contributed by atoms with Crippen molar-refractivity contribution in [3.8, 4) is 5.75 Å². The summed E-state index contributed by atoms with van der Waals surface area (Å²) in [6.45, 7) is 0. The highest BCUT2D eigenvalue weighted by Crippen LogP contribution is 2.20. The van der Waals surface area contributed by atoms with Crippen LogP contribution in [0.5, 0.6) is 5.75 Å². The zero-order chi connectivity index (χ0) is 15.1. The molecule has 0 aliphatic carbocycles. The summed E-state index contributed by atoms with van der Waals surface area (Å²) in [6, 6.07) is 14.7. The van der Waals surface area contributed by atoms with Crippen LogP contribution in [0.4, 0.5) is 4.39 Å². The van der Waals surface area contributed by atoms with Crippen LogP contribution in [0.1, 0.15) is 12.0 Å². The lowest BCUT2D eigenvalue weighted by atomic mass is 10.1. The normalized spacial score (nSPS) is 12.1. The molecule has 0 amide bonds. The van der Waals surface area contributed by atoms with Gasteiger partial charge < -0.3 is 10.5 Å². The fraction of sp³-hybridized carbons (Fsp3) is 0.294. The molecule has 0 fully saturated rings. The van der Waals surface area contributed by atoms with E-state index in [9.17, 15) is 4.39 Å². The van der Waals surface area contributed by atoms with E-state index in [1.807, 2.05) is 12.1 Å². The number of halogens is 1. The fourth-order valence-electron chi connectivity index (χ4n) is 1.96. The van der Waals surface area contributed by atoms with Crippen molar-refractivity contribution in [2.45, 2.75) is 23.8 Å². The lowest BCUT2D eigenvalue weighted by molar-refractivity contribution is 0.414. The van der Waals surface area contributed by atoms with Gasteiger partial charge in [-0.3, -0.25) is 0 Å². The van der Waals surface area contributed by atoms with Crippen LogP contribution in [0.2, 0.25) is 0 Å². The SMILES string of the molecule is COc1ccc(CCC(N)CSc2ccc(F)cc2)cc1. The number of methoxy groups -OCH3 is 1. The van der Waals surface area contributed by atoms with Crippen molar-refractivity contribution in [1.29, 1.82) is 0 Å². The molecule has 0 aliphatic heterocycles. The maximum atomic E-state index is 12.8. The Bertz CT molecular complexity index is 542. The molecular weight excluding hydrogens is 285 g/mol. The third-order valence-corrected chi connectivity index (χ3v) is 4.44. The average Bonchev–Trinajstić information content (AvgIpc) is 2.53. The van der Waals surface area contributed by atoms with E-state index in [1.54, 1.807) is 31.0 Å². The predicted octanol–water partition coefficient (Wildman–Crippen LogP) is 3.89. The van der Waals surface area contributed by atoms with Gasteiger partial charge in [0.1, 0.15) is 11.6 Å². The zero-order valence-electron chi connectivity index (χ0n) is 12.1. The minimum Gasteiger partial charge on any atom is -0.497 e. The Hall–Kier alpha value is -1.52. The smallest absolute Gasteiger partial charge is 0.123 e. The third kappa shape index (κ3) is 5.40. The number of benzene rings is 2. The van der Waals surface area contributed by atoms with Gasteiger partial charge >= 0.3 is 0 Å². The number of nitrogens with two attached hydrogens (primary N) is 1. The molecule has 0 saturated carbocycles. The summed E-state index contributed by atoms with van der Waals surface area (Å²) in [4.78, 5) is 1.05. The van der Waals surface area contributed by atoms with Crippen molar-refractivity contribution in [1.82, 2.24) is 0 Å². The largest absolute Gasteiger partial charge is 0.497 e. The van der Waals surface area contributed by atoms with Crippen molar-refractivity contribution in [2.24, 2.45) is 5.73 Å². The maximum absolute atomic E-state index is 12.8. The molecule has 21 heavy (non-hydrogen) atoms. The molecule has 0 radical (unpaired) electrons. The molecule has 2 rings (SSSR count). The van der Waals surface area contributed by atoms with Crippen LogP contribution in [-0.2, 0) is 6.42 Å². The molecule has 2 N–H and O–H groups in total. The Balaban J connectivity index is 1.73. The quantitative estimate of drug-likeness (QED) is 0.788. The second-order valence-corrected chi connectivity index (χ2v) is 6.01. The second kappa shape index (κ2) is 8.05. The van der Waals surface area contributed by atoms with E-state index in [-0.39, 0.29) is 11.9 Å². The second-order valence-electron chi connectivity index (χ2n) is 4.91. The zero-order valence-corrected chi connectivity index (χ0v) is 12.9. The van der Waals surface area contributed by atoms with Crippen molar-refractivity contribution < 1.29 is 9.13 Å². The molecule has 0 bridgehead atoms. The number of ether oxygens (including phenoxy) is 1. The Morgan fingerprint density at radius 2 is 1.76 bits per heavy atom. The number of thioether (sulfide) groups is 1. The molecule has 2 aromatic rings. The molecule has 1 atom stereocenters. The molecule has 112 valence electrons. The minimum absolute atomic E-state index is 0.127. The fourth-order valence-corrected chi connectivity index (χ4v) is 2.86. The molecule has 0 spiro atoms. The molecule has 0 heterocycles. The summed E-state index contributed by atoms with van der Waals surface area (Å²) in [5.41, 5.74) is 7.40. The van der Waals surface area contributed by atoms with E-state index in [4.69, 9.17) is 10.5 Å². The van der Waals surface area contributed by atoms with E-state index < -0.39 is 0 Å². The van der Waals surface area contributed by atoms with E-state index in [0.717, 1.165) is 29.2 Å². The summed E-state index contributed by atoms with van der Waals surface area (Å²) in [7, 11) is 1.66. The van der Waals surface area contributed by atoms with Crippen LogP contribution in [0.15, 0.2) is 53.4 Å². The van der Waals surface area contributed by atoms with Gasteiger partial charge in [-0.15, -0.1) is 11.8 Å². The van der Waals surface area contributed by atoms with Crippen molar-refractivity contribution in [2.75, 3.05) is 12.9 Å². The third-order valence-electron chi connectivity index (χ3n) is 3.24. The Kier molecular flexibility index (Phi) is 6.08. The summed E-state index contributed by atoms with van der Waals surface area (Å²) >= 11 is 1.67. The highest BCUT2D eigenvalue weighted by atomic mass is 32.2. The molecular formula is C17H20FNOS. The van der Waals surface area contributed by atoms with Crippen LogP contribution in [0.25, 0.3) is 0 Å². The Morgan fingerprint density at radius 3 is 2.38 bits per heavy atom. The summed E-state index contributed by atoms with van der Waals surface area (Å²) < 4.78 is 17.9. The molecule has 2 aromatic carbocycles. The highest BCUT2D eigenvalue weighted by Gasteiger charge is 2.05. The van der Waals surface area contributed by atoms with Gasteiger partial charge in [-0.2, -0.15) is 0 Å². The summed E-state index contributed by atoms with van der Waals surface area (Å²) in [6.07, 6.45) is 1.88. The number of hydrogen-bond donors (Lipinski definition) is 1. The Morgan fingerprint density at radius 1 is 1.10 bits per heavy atom. The summed E-state index contributed by atoms with van der Waals surface area (Å²) in [5.74, 6) is 1.50. The van der Waals surface area contributed by atoms with E-state index >= 15 is 0 Å². The van der Waals surface area contributed by atoms with Gasteiger partial charge in [0.2, 0.25) is 0 Å². The standard InChI is InChI=1S/C17H20FNOS/c1-20-16-8-3-13(4-9-16)2-7-15(19)12-21-17-10-5-14(18)6-11-17/h3-6,8-11,15H,2,7,12,19H2,1H3. The van der Waals surface area contributed by atoms with E-state index in [2.05, 4.69) is 12.1 Å². The number of aryl methyl sites for hydroxylation is 1. The monoisotopic (exact) mass is 305 g/mol. The number of rotatable bonds is 7. The van der Waals surface area contributed by atoms with Gasteiger partial charge in [0.05, 0.1) is 7.11 Å². The van der Waals surface area contributed by atoms with Crippen LogP contribution in [-0.4, -0.2) is 18.9 Å². The summed E-state index contributed by atoms with van der Waals surface area (Å²) in [5, 5.41) is 0. The van der Waals surface area contributed by atoms with Gasteiger partial charge in [0.15, 0.2) is 0 Å². The maximum Gasteiger partial charge on any atom is 0.123 e. The molecule has 0 aromatic heterocycles. The molecule has 0 aliphatic rings. The van der Waals surface area contributed by atoms with Crippen LogP contribution >= 0.6 is 11.8 Å². The van der Waals surface area contributed by atoms with Crippen molar-refractivity contribution in [3.63, 3.8) is 0 Å². The predicted molar refractivity (Wildman–Crippen MR) is 86.4 cm³/mol. The Labute approximate surface area is 129 Å². The van der Waals surface area contributed by atoms with Crippen LogP contribution in [0.3, 0.4) is 0 Å². The van der Waals surface area contributed by atoms with Gasteiger partial charge in [-0.05, 0) is 54.8 Å². The average molecular weight is 305 g/mol. The van der Waals surface area contributed by atoms with E-state index in [1.165, 1.54) is 17.7 Å². The lowest BCUT2D eigenvalue weighted by Gasteiger charge is -2.11.